The number of hydrogen-bond donors (Lipinski definition) is 4. The molecule has 2 aromatic rings. The Balaban J connectivity index is 1.24. The van der Waals surface area contributed by atoms with Gasteiger partial charge in [-0.3, -0.25) is 14.4 Å². The number of aromatic carboxylic acids is 1. The van der Waals surface area contributed by atoms with Crippen LogP contribution >= 0.6 is 11.6 Å². The number of fused-ring (bicyclic) bond motifs is 2. The van der Waals surface area contributed by atoms with E-state index in [9.17, 15) is 29.4 Å². The first-order valence-corrected chi connectivity index (χ1v) is 16.7. The van der Waals surface area contributed by atoms with E-state index in [1.54, 1.807) is 18.2 Å². The summed E-state index contributed by atoms with van der Waals surface area (Å²) in [7, 11) is 0. The van der Waals surface area contributed by atoms with E-state index < -0.39 is 11.9 Å². The van der Waals surface area contributed by atoms with Crippen molar-refractivity contribution in [3.05, 3.63) is 75.9 Å². The van der Waals surface area contributed by atoms with E-state index in [-0.39, 0.29) is 39.6 Å². The Morgan fingerprint density at radius 1 is 0.771 bits per heavy atom. The highest BCUT2D eigenvalue weighted by molar-refractivity contribution is 6.17. The van der Waals surface area contributed by atoms with Crippen LogP contribution in [-0.2, 0) is 14.3 Å². The molecule has 12 heteroatoms. The fourth-order valence-corrected chi connectivity index (χ4v) is 5.46. The predicted octanol–water partition coefficient (Wildman–Crippen LogP) is 5.82. The number of carbonyl (C=O) groups excluding carboxylic acids is 2. The van der Waals surface area contributed by atoms with Crippen molar-refractivity contribution in [3.63, 3.8) is 0 Å². The van der Waals surface area contributed by atoms with Crippen LogP contribution in [0, 0.1) is 0 Å². The molecular weight excluding hydrogens is 640 g/mol. The van der Waals surface area contributed by atoms with Crippen molar-refractivity contribution < 1.29 is 38.5 Å². The Morgan fingerprint density at radius 2 is 1.54 bits per heavy atom. The van der Waals surface area contributed by atoms with E-state index in [1.165, 1.54) is 36.4 Å². The molecule has 2 amide bonds. The van der Waals surface area contributed by atoms with E-state index in [2.05, 4.69) is 10.6 Å². The van der Waals surface area contributed by atoms with Gasteiger partial charge in [-0.05, 0) is 67.6 Å². The van der Waals surface area contributed by atoms with Gasteiger partial charge in [-0.2, -0.15) is 0 Å². The molecule has 0 bridgehead atoms. The van der Waals surface area contributed by atoms with Crippen LogP contribution < -0.4 is 16.1 Å². The standard InChI is InChI=1S/C36H41ClN2O9/c37-14-4-1-2-6-17-46-19-20-47-18-16-38-33(42)7-3-5-15-39-35(43)24-8-11-27(30(21-24)36(44)45)34-28-12-9-25(40)22-31(28)48-32-23-26(41)10-13-29(32)34/h8-13,21-23,40H,1-7,14-20H2,(H,38,42)(H,39,43)(H,44,45). The molecule has 0 spiro atoms. The molecule has 48 heavy (non-hydrogen) atoms. The van der Waals surface area contributed by atoms with E-state index in [0.29, 0.717) is 86.7 Å². The number of benzene rings is 3. The van der Waals surface area contributed by atoms with Gasteiger partial charge >= 0.3 is 5.97 Å². The highest BCUT2D eigenvalue weighted by Gasteiger charge is 2.23. The molecule has 11 nitrogen and oxygen atoms in total. The van der Waals surface area contributed by atoms with Gasteiger partial charge in [-0.25, -0.2) is 4.79 Å². The summed E-state index contributed by atoms with van der Waals surface area (Å²) in [5, 5.41) is 26.3. The molecule has 1 heterocycles. The Labute approximate surface area is 283 Å². The largest absolute Gasteiger partial charge is 0.508 e. The lowest BCUT2D eigenvalue weighted by atomic mass is 9.90. The molecule has 4 rings (SSSR count). The number of amides is 2. The van der Waals surface area contributed by atoms with Crippen LogP contribution in [-0.4, -0.2) is 73.4 Å². The summed E-state index contributed by atoms with van der Waals surface area (Å²) in [5.74, 6) is -0.906. The molecule has 0 aromatic heterocycles. The minimum absolute atomic E-state index is 0.0523. The molecule has 0 saturated heterocycles. The van der Waals surface area contributed by atoms with Crippen LogP contribution in [0.4, 0.5) is 0 Å². The molecule has 0 unspecified atom stereocenters. The first-order chi connectivity index (χ1) is 23.3. The van der Waals surface area contributed by atoms with Gasteiger partial charge in [0.1, 0.15) is 17.1 Å². The summed E-state index contributed by atoms with van der Waals surface area (Å²) in [4.78, 5) is 49.5. The van der Waals surface area contributed by atoms with Crippen molar-refractivity contribution >= 4 is 40.4 Å². The van der Waals surface area contributed by atoms with Crippen LogP contribution in [0.1, 0.15) is 65.7 Å². The number of phenolic OH excluding ortho intramolecular Hbond substituents is 1. The maximum absolute atomic E-state index is 12.9. The minimum atomic E-state index is -1.24. The third-order valence-electron chi connectivity index (χ3n) is 7.69. The number of ether oxygens (including phenoxy) is 2. The summed E-state index contributed by atoms with van der Waals surface area (Å²) < 4.78 is 16.9. The molecule has 0 fully saturated rings. The molecular formula is C36H41ClN2O9. The Kier molecular flexibility index (Phi) is 14.2. The monoisotopic (exact) mass is 680 g/mol. The number of aromatic hydroxyl groups is 1. The summed E-state index contributed by atoms with van der Waals surface area (Å²) in [6.45, 7) is 2.81. The maximum atomic E-state index is 12.9. The van der Waals surface area contributed by atoms with Gasteiger partial charge in [-0.1, -0.05) is 18.9 Å². The number of halogens is 1. The second-order valence-electron chi connectivity index (χ2n) is 11.3. The first-order valence-electron chi connectivity index (χ1n) is 16.1. The van der Waals surface area contributed by atoms with Gasteiger partial charge in [0.2, 0.25) is 5.91 Å². The van der Waals surface area contributed by atoms with Crippen molar-refractivity contribution in [2.75, 3.05) is 45.4 Å². The van der Waals surface area contributed by atoms with Crippen LogP contribution in [0.3, 0.4) is 0 Å². The van der Waals surface area contributed by atoms with E-state index in [1.807, 2.05) is 0 Å². The molecule has 2 aromatic carbocycles. The lowest BCUT2D eigenvalue weighted by Crippen LogP contribution is -2.28. The lowest BCUT2D eigenvalue weighted by Gasteiger charge is -2.17. The molecule has 1 aliphatic heterocycles. The molecule has 0 atom stereocenters. The molecule has 2 aliphatic rings. The van der Waals surface area contributed by atoms with Crippen LogP contribution in [0.5, 0.6) is 5.75 Å². The number of carboxylic acid groups (broad SMARTS) is 1. The molecule has 0 saturated carbocycles. The van der Waals surface area contributed by atoms with Gasteiger partial charge < -0.3 is 34.7 Å². The normalized spacial score (nSPS) is 11.2. The quantitative estimate of drug-likeness (QED) is 0.0512. The average molecular weight is 681 g/mol. The number of phenols is 1. The molecule has 0 radical (unpaired) electrons. The fourth-order valence-electron chi connectivity index (χ4n) is 5.27. The summed E-state index contributed by atoms with van der Waals surface area (Å²) >= 11 is 5.65. The molecule has 4 N–H and O–H groups in total. The van der Waals surface area contributed by atoms with E-state index in [0.717, 1.165) is 25.7 Å². The third kappa shape index (κ3) is 10.5. The zero-order valence-electron chi connectivity index (χ0n) is 26.7. The summed E-state index contributed by atoms with van der Waals surface area (Å²) in [6, 6.07) is 13.1. The number of alkyl halides is 1. The first kappa shape index (κ1) is 36.4. The maximum Gasteiger partial charge on any atom is 0.336 e. The van der Waals surface area contributed by atoms with Gasteiger partial charge in [0.15, 0.2) is 5.43 Å². The zero-order chi connectivity index (χ0) is 34.3. The van der Waals surface area contributed by atoms with Crippen molar-refractivity contribution in [2.24, 2.45) is 0 Å². The number of rotatable bonds is 20. The van der Waals surface area contributed by atoms with Gasteiger partial charge in [0.05, 0.1) is 25.4 Å². The average Bonchev–Trinajstić information content (AvgIpc) is 3.07. The number of carbonyl (C=O) groups is 3. The Morgan fingerprint density at radius 3 is 2.33 bits per heavy atom. The van der Waals surface area contributed by atoms with Crippen molar-refractivity contribution in [1.29, 1.82) is 0 Å². The molecule has 1 aliphatic carbocycles. The molecule has 256 valence electrons. The van der Waals surface area contributed by atoms with Crippen molar-refractivity contribution in [1.82, 2.24) is 10.6 Å². The second-order valence-corrected chi connectivity index (χ2v) is 11.6. The second kappa shape index (κ2) is 18.8. The van der Waals surface area contributed by atoms with Gasteiger partial charge in [0.25, 0.3) is 5.91 Å². The highest BCUT2D eigenvalue weighted by Crippen LogP contribution is 2.42. The Bertz CT molecular complexity index is 1720. The van der Waals surface area contributed by atoms with Crippen LogP contribution in [0.25, 0.3) is 33.4 Å². The third-order valence-corrected chi connectivity index (χ3v) is 7.95. The number of unbranched alkanes of at least 4 members (excludes halogenated alkanes) is 4. The summed E-state index contributed by atoms with van der Waals surface area (Å²) in [5.41, 5.74) is 1.36. The van der Waals surface area contributed by atoms with Gasteiger partial charge in [-0.15, -0.1) is 11.6 Å². The van der Waals surface area contributed by atoms with Crippen LogP contribution in [0.2, 0.25) is 0 Å². The van der Waals surface area contributed by atoms with E-state index >= 15 is 0 Å². The SMILES string of the molecule is O=C(CCCCNC(=O)c1ccc(-c2c3ccc(=O)cc-3oc3cc(O)ccc23)c(C(=O)O)c1)NCCOCCOCCCCCCCl. The van der Waals surface area contributed by atoms with Crippen molar-refractivity contribution in [2.45, 2.75) is 44.9 Å². The Hall–Kier alpha value is -4.45. The summed E-state index contributed by atoms with van der Waals surface area (Å²) in [6.07, 6.45) is 5.69. The van der Waals surface area contributed by atoms with Crippen molar-refractivity contribution in [3.8, 4) is 28.2 Å². The van der Waals surface area contributed by atoms with Gasteiger partial charge in [0, 0.05) is 66.2 Å². The number of carboxylic acids is 1. The highest BCUT2D eigenvalue weighted by atomic mass is 35.5. The predicted molar refractivity (Wildman–Crippen MR) is 183 cm³/mol. The van der Waals surface area contributed by atoms with E-state index in [4.69, 9.17) is 25.5 Å². The van der Waals surface area contributed by atoms with Crippen LogP contribution in [0.15, 0.2) is 63.8 Å². The number of hydrogen-bond acceptors (Lipinski definition) is 8. The lowest BCUT2D eigenvalue weighted by molar-refractivity contribution is -0.121. The fraction of sp³-hybridized carbons (Fsp3) is 0.389. The minimum Gasteiger partial charge on any atom is -0.508 e. The smallest absolute Gasteiger partial charge is 0.336 e. The number of nitrogens with one attached hydrogen (secondary N) is 2. The zero-order valence-corrected chi connectivity index (χ0v) is 27.5. The topological polar surface area (TPSA) is 164 Å².